The van der Waals surface area contributed by atoms with Gasteiger partial charge in [-0.15, -0.1) is 10.2 Å². The van der Waals surface area contributed by atoms with Gasteiger partial charge in [0.15, 0.2) is 5.82 Å². The fraction of sp³-hybridized carbons (Fsp3) is 0.269. The molecule has 206 valence electrons. The molecule has 0 saturated carbocycles. The largest absolute Gasteiger partial charge is 0.496 e. The van der Waals surface area contributed by atoms with E-state index >= 15 is 0 Å². The minimum atomic E-state index is -4.24. The number of nitrogens with zero attached hydrogens (tertiary/aromatic N) is 4. The third-order valence-corrected chi connectivity index (χ3v) is 7.78. The summed E-state index contributed by atoms with van der Waals surface area (Å²) >= 11 is 0. The van der Waals surface area contributed by atoms with E-state index in [1.165, 1.54) is 39.9 Å². The smallest absolute Gasteiger partial charge is 0.243 e. The number of hydrogen-bond donors (Lipinski definition) is 2. The maximum atomic E-state index is 13.6. The van der Waals surface area contributed by atoms with Crippen LogP contribution in [-0.2, 0) is 10.0 Å². The molecule has 2 N–H and O–H groups in total. The molecule has 2 atom stereocenters. The molecule has 2 aromatic carbocycles. The zero-order valence-corrected chi connectivity index (χ0v) is 22.8. The maximum Gasteiger partial charge on any atom is 0.243 e. The number of para-hydroxylation sites is 2. The number of nitrogens with one attached hydrogen (secondary N) is 1. The molecule has 0 amide bonds. The Bertz CT molecular complexity index is 1540. The topological polar surface area (TPSA) is 147 Å². The second kappa shape index (κ2) is 11.6. The number of anilines is 1. The number of sulfonamides is 1. The SMILES string of the molecule is COc1cccc(-c2nnc(NS(=O)(=O)[C@H](C)[C@@H](O)c3ccccc3OC)n2-c2c(OC)cccc2OC)n1. The van der Waals surface area contributed by atoms with Crippen molar-refractivity contribution in [2.75, 3.05) is 33.2 Å². The van der Waals surface area contributed by atoms with Crippen LogP contribution in [0.15, 0.2) is 60.7 Å². The molecule has 0 saturated heterocycles. The lowest BCUT2D eigenvalue weighted by Crippen LogP contribution is -2.32. The average Bonchev–Trinajstić information content (AvgIpc) is 3.37. The molecule has 0 aliphatic heterocycles. The van der Waals surface area contributed by atoms with Crippen molar-refractivity contribution in [1.82, 2.24) is 19.7 Å². The molecule has 12 nitrogen and oxygen atoms in total. The molecular formula is C26H29N5O7S. The standard InChI is InChI=1S/C26H29N5O7S/c1-16(24(32)17-10-6-7-12-19(17)35-2)39(33,34)30-26-29-28-25(18-11-8-15-22(27-18)38-5)31(26)23-20(36-3)13-9-14-21(23)37-4/h6-16,24,32H,1-5H3,(H,29,30)/t16-,24-/m1/s1. The maximum absolute atomic E-state index is 13.6. The van der Waals surface area contributed by atoms with Gasteiger partial charge in [-0.05, 0) is 31.2 Å². The van der Waals surface area contributed by atoms with Gasteiger partial charge < -0.3 is 24.1 Å². The van der Waals surface area contributed by atoms with Gasteiger partial charge in [-0.25, -0.2) is 13.4 Å². The van der Waals surface area contributed by atoms with Crippen molar-refractivity contribution < 1.29 is 32.5 Å². The summed E-state index contributed by atoms with van der Waals surface area (Å²) in [6, 6.07) is 16.8. The van der Waals surface area contributed by atoms with Crippen molar-refractivity contribution in [2.24, 2.45) is 0 Å². The summed E-state index contributed by atoms with van der Waals surface area (Å²) in [6.07, 6.45) is -1.41. The van der Waals surface area contributed by atoms with Crippen LogP contribution in [0.25, 0.3) is 17.2 Å². The molecule has 0 unspecified atom stereocenters. The van der Waals surface area contributed by atoms with Gasteiger partial charge in [-0.2, -0.15) is 0 Å². The number of pyridine rings is 1. The van der Waals surface area contributed by atoms with Gasteiger partial charge >= 0.3 is 0 Å². The number of aliphatic hydroxyl groups excluding tert-OH is 1. The molecule has 39 heavy (non-hydrogen) atoms. The van der Waals surface area contributed by atoms with Crippen molar-refractivity contribution >= 4 is 16.0 Å². The fourth-order valence-electron chi connectivity index (χ4n) is 3.99. The minimum Gasteiger partial charge on any atom is -0.496 e. The van der Waals surface area contributed by atoms with Gasteiger partial charge in [0.2, 0.25) is 21.9 Å². The van der Waals surface area contributed by atoms with Crippen molar-refractivity contribution in [3.63, 3.8) is 0 Å². The summed E-state index contributed by atoms with van der Waals surface area (Å²) in [5.74, 6) is 1.43. The molecule has 2 aromatic heterocycles. The Hall–Kier alpha value is -4.36. The highest BCUT2D eigenvalue weighted by Gasteiger charge is 2.33. The lowest BCUT2D eigenvalue weighted by atomic mass is 10.1. The lowest BCUT2D eigenvalue weighted by Gasteiger charge is -2.22. The van der Waals surface area contributed by atoms with E-state index in [0.717, 1.165) is 0 Å². The van der Waals surface area contributed by atoms with Crippen molar-refractivity contribution in [3.8, 4) is 40.3 Å². The zero-order valence-electron chi connectivity index (χ0n) is 22.0. The summed E-state index contributed by atoms with van der Waals surface area (Å²) in [7, 11) is 1.63. The van der Waals surface area contributed by atoms with Crippen LogP contribution in [0, 0.1) is 0 Å². The van der Waals surface area contributed by atoms with Crippen LogP contribution in [0.2, 0.25) is 0 Å². The summed E-state index contributed by atoms with van der Waals surface area (Å²) in [4.78, 5) is 4.43. The minimum absolute atomic E-state index is 0.170. The Labute approximate surface area is 226 Å². The van der Waals surface area contributed by atoms with Crippen molar-refractivity contribution in [3.05, 3.63) is 66.2 Å². The monoisotopic (exact) mass is 555 g/mol. The third kappa shape index (κ3) is 5.45. The van der Waals surface area contributed by atoms with Gasteiger partial charge in [0.1, 0.15) is 40.0 Å². The van der Waals surface area contributed by atoms with E-state index < -0.39 is 21.4 Å². The molecule has 0 radical (unpaired) electrons. The van der Waals surface area contributed by atoms with Crippen LogP contribution in [0.3, 0.4) is 0 Å². The van der Waals surface area contributed by atoms with Gasteiger partial charge in [-0.3, -0.25) is 9.29 Å². The normalized spacial score (nSPS) is 12.9. The van der Waals surface area contributed by atoms with E-state index in [4.69, 9.17) is 18.9 Å². The molecule has 2 heterocycles. The molecule has 0 aliphatic carbocycles. The predicted molar refractivity (Wildman–Crippen MR) is 144 cm³/mol. The Morgan fingerprint density at radius 1 is 0.821 bits per heavy atom. The van der Waals surface area contributed by atoms with Crippen molar-refractivity contribution in [1.29, 1.82) is 0 Å². The van der Waals surface area contributed by atoms with Crippen LogP contribution >= 0.6 is 0 Å². The molecule has 13 heteroatoms. The number of aliphatic hydroxyl groups is 1. The molecule has 0 spiro atoms. The Kier molecular flexibility index (Phi) is 8.21. The van der Waals surface area contributed by atoms with E-state index in [9.17, 15) is 13.5 Å². The molecule has 4 rings (SSSR count). The predicted octanol–water partition coefficient (Wildman–Crippen LogP) is 3.23. The van der Waals surface area contributed by atoms with Crippen LogP contribution in [0.5, 0.6) is 23.1 Å². The number of ether oxygens (including phenoxy) is 4. The van der Waals surface area contributed by atoms with Gasteiger partial charge in [0.25, 0.3) is 0 Å². The third-order valence-electron chi connectivity index (χ3n) is 6.08. The summed E-state index contributed by atoms with van der Waals surface area (Å²) in [6.45, 7) is 1.38. The Balaban J connectivity index is 1.85. The molecular weight excluding hydrogens is 526 g/mol. The van der Waals surface area contributed by atoms with Crippen LogP contribution in [0.4, 0.5) is 5.95 Å². The van der Waals surface area contributed by atoms with Crippen molar-refractivity contribution in [2.45, 2.75) is 18.3 Å². The first-order chi connectivity index (χ1) is 18.7. The number of benzene rings is 2. The highest BCUT2D eigenvalue weighted by molar-refractivity contribution is 7.93. The fourth-order valence-corrected chi connectivity index (χ4v) is 5.05. The number of aromatic nitrogens is 4. The summed E-state index contributed by atoms with van der Waals surface area (Å²) < 4.78 is 52.7. The zero-order chi connectivity index (χ0) is 28.2. The second-order valence-corrected chi connectivity index (χ2v) is 10.3. The first-order valence-electron chi connectivity index (χ1n) is 11.8. The Morgan fingerprint density at radius 2 is 1.44 bits per heavy atom. The van der Waals surface area contributed by atoms with E-state index in [0.29, 0.717) is 40.1 Å². The molecule has 0 aliphatic rings. The second-order valence-electron chi connectivity index (χ2n) is 8.30. The number of hydrogen-bond acceptors (Lipinski definition) is 10. The quantitative estimate of drug-likeness (QED) is 0.283. The first kappa shape index (κ1) is 27.7. The summed E-state index contributed by atoms with van der Waals surface area (Å²) in [5.41, 5.74) is 1.01. The number of rotatable bonds is 11. The molecule has 4 aromatic rings. The average molecular weight is 556 g/mol. The van der Waals surface area contributed by atoms with E-state index in [2.05, 4.69) is 19.9 Å². The van der Waals surface area contributed by atoms with E-state index in [1.807, 2.05) is 0 Å². The van der Waals surface area contributed by atoms with E-state index in [1.54, 1.807) is 60.7 Å². The van der Waals surface area contributed by atoms with Gasteiger partial charge in [0, 0.05) is 11.6 Å². The van der Waals surface area contributed by atoms with Crippen LogP contribution < -0.4 is 23.7 Å². The van der Waals surface area contributed by atoms with Gasteiger partial charge in [0.05, 0.1) is 28.4 Å². The van der Waals surface area contributed by atoms with Crippen LogP contribution in [-0.4, -0.2) is 67.0 Å². The highest BCUT2D eigenvalue weighted by Crippen LogP contribution is 2.38. The number of methoxy groups -OCH3 is 4. The molecule has 0 fully saturated rings. The summed E-state index contributed by atoms with van der Waals surface area (Å²) in [5, 5.41) is 18.1. The highest BCUT2D eigenvalue weighted by atomic mass is 32.2. The molecule has 0 bridgehead atoms. The van der Waals surface area contributed by atoms with E-state index in [-0.39, 0.29) is 11.8 Å². The first-order valence-corrected chi connectivity index (χ1v) is 13.3. The van der Waals surface area contributed by atoms with Gasteiger partial charge in [-0.1, -0.05) is 30.3 Å². The van der Waals surface area contributed by atoms with Crippen LogP contribution in [0.1, 0.15) is 18.6 Å². The lowest BCUT2D eigenvalue weighted by molar-refractivity contribution is 0.172. The Morgan fingerprint density at radius 3 is 2.08 bits per heavy atom.